The molecular weight excluding hydrogens is 182 g/mol. The Bertz CT molecular complexity index is 329. The van der Waals surface area contributed by atoms with Crippen LogP contribution in [0, 0.1) is 11.8 Å². The van der Waals surface area contributed by atoms with Gasteiger partial charge >= 0.3 is 0 Å². The second-order valence-corrected chi connectivity index (χ2v) is 3.31. The highest BCUT2D eigenvalue weighted by Crippen LogP contribution is 2.05. The lowest BCUT2D eigenvalue weighted by molar-refractivity contribution is 0.402. The van der Waals surface area contributed by atoms with Crippen molar-refractivity contribution in [3.05, 3.63) is 35.4 Å². The van der Waals surface area contributed by atoms with E-state index in [2.05, 4.69) is 49.0 Å². The topological polar surface area (TPSA) is 3.24 Å². The molecule has 15 heavy (non-hydrogen) atoms. The quantitative estimate of drug-likeness (QED) is 0.667. The van der Waals surface area contributed by atoms with E-state index in [1.165, 1.54) is 5.56 Å². The fourth-order valence-electron chi connectivity index (χ4n) is 1.26. The van der Waals surface area contributed by atoms with Crippen LogP contribution in [0.2, 0.25) is 0 Å². The average molecular weight is 203 g/mol. The maximum atomic E-state index is 3.05. The zero-order chi connectivity index (χ0) is 11.7. The lowest BCUT2D eigenvalue weighted by atomic mass is 10.1. The Morgan fingerprint density at radius 1 is 1.20 bits per heavy atom. The summed E-state index contributed by atoms with van der Waals surface area (Å²) in [6.45, 7) is 6.83. The van der Waals surface area contributed by atoms with Gasteiger partial charge in [-0.2, -0.15) is 0 Å². The number of hydrogen-bond acceptors (Lipinski definition) is 1. The van der Waals surface area contributed by atoms with Gasteiger partial charge in [-0.15, -0.1) is 5.92 Å². The zero-order valence-corrected chi connectivity index (χ0v) is 10.5. The minimum atomic E-state index is 0.971. The SMILES string of the molecule is CC.CC#Cc1cccc(CN(C)C)c1. The van der Waals surface area contributed by atoms with Gasteiger partial charge in [0, 0.05) is 12.1 Å². The summed E-state index contributed by atoms with van der Waals surface area (Å²) in [5.41, 5.74) is 2.41. The van der Waals surface area contributed by atoms with Crippen LogP contribution >= 0.6 is 0 Å². The van der Waals surface area contributed by atoms with Gasteiger partial charge in [0.25, 0.3) is 0 Å². The van der Waals surface area contributed by atoms with E-state index in [1.54, 1.807) is 0 Å². The zero-order valence-electron chi connectivity index (χ0n) is 10.5. The summed E-state index contributed by atoms with van der Waals surface area (Å²) in [7, 11) is 4.14. The molecule has 0 amide bonds. The van der Waals surface area contributed by atoms with Crippen LogP contribution in [-0.2, 0) is 6.54 Å². The molecule has 0 N–H and O–H groups in total. The summed E-state index contributed by atoms with van der Waals surface area (Å²) in [5, 5.41) is 0. The van der Waals surface area contributed by atoms with Gasteiger partial charge in [-0.05, 0) is 38.7 Å². The monoisotopic (exact) mass is 203 g/mol. The van der Waals surface area contributed by atoms with Crippen molar-refractivity contribution < 1.29 is 0 Å². The molecular formula is C14H21N. The summed E-state index contributed by atoms with van der Waals surface area (Å²) in [6, 6.07) is 8.35. The fourth-order valence-corrected chi connectivity index (χ4v) is 1.26. The number of rotatable bonds is 2. The molecule has 0 fully saturated rings. The average Bonchev–Trinajstić information content (AvgIpc) is 2.21. The molecule has 0 radical (unpaired) electrons. The van der Waals surface area contributed by atoms with Gasteiger partial charge in [0.1, 0.15) is 0 Å². The summed E-state index contributed by atoms with van der Waals surface area (Å²) >= 11 is 0. The Morgan fingerprint density at radius 2 is 1.87 bits per heavy atom. The van der Waals surface area contributed by atoms with Crippen LogP contribution in [0.4, 0.5) is 0 Å². The van der Waals surface area contributed by atoms with Crippen molar-refractivity contribution in [2.24, 2.45) is 0 Å². The van der Waals surface area contributed by atoms with Gasteiger partial charge in [0.15, 0.2) is 0 Å². The summed E-state index contributed by atoms with van der Waals surface area (Å²) in [5.74, 6) is 5.95. The molecule has 82 valence electrons. The fraction of sp³-hybridized carbons (Fsp3) is 0.429. The molecule has 0 saturated heterocycles. The molecule has 1 heteroatoms. The molecule has 0 bridgehead atoms. The lowest BCUT2D eigenvalue weighted by Gasteiger charge is -2.09. The first-order valence-electron chi connectivity index (χ1n) is 5.39. The Balaban J connectivity index is 0.000000921. The van der Waals surface area contributed by atoms with Crippen LogP contribution < -0.4 is 0 Å². The van der Waals surface area contributed by atoms with E-state index in [1.807, 2.05) is 26.8 Å². The maximum Gasteiger partial charge on any atom is 0.0248 e. The lowest BCUT2D eigenvalue weighted by Crippen LogP contribution is -2.10. The Morgan fingerprint density at radius 3 is 2.40 bits per heavy atom. The summed E-state index contributed by atoms with van der Waals surface area (Å²) in [4.78, 5) is 2.15. The molecule has 0 aromatic heterocycles. The second kappa shape index (κ2) is 8.08. The van der Waals surface area contributed by atoms with E-state index in [4.69, 9.17) is 0 Å². The third-order valence-electron chi connectivity index (χ3n) is 1.70. The van der Waals surface area contributed by atoms with Gasteiger partial charge in [0.05, 0.1) is 0 Å². The highest BCUT2D eigenvalue weighted by Gasteiger charge is 1.94. The highest BCUT2D eigenvalue weighted by molar-refractivity contribution is 5.36. The standard InChI is InChI=1S/C12H15N.C2H6/c1-4-6-11-7-5-8-12(9-11)10-13(2)3;1-2/h5,7-9H,10H2,1-3H3;1-2H3. The van der Waals surface area contributed by atoms with Gasteiger partial charge in [-0.25, -0.2) is 0 Å². The molecule has 1 aromatic rings. The number of nitrogens with zero attached hydrogens (tertiary/aromatic N) is 1. The smallest absolute Gasteiger partial charge is 0.0248 e. The van der Waals surface area contributed by atoms with Crippen molar-refractivity contribution >= 4 is 0 Å². The van der Waals surface area contributed by atoms with Crippen molar-refractivity contribution in [1.29, 1.82) is 0 Å². The molecule has 0 spiro atoms. The summed E-state index contributed by atoms with van der Waals surface area (Å²) < 4.78 is 0. The number of benzene rings is 1. The second-order valence-electron chi connectivity index (χ2n) is 3.31. The van der Waals surface area contributed by atoms with Crippen molar-refractivity contribution in [2.75, 3.05) is 14.1 Å². The van der Waals surface area contributed by atoms with Crippen molar-refractivity contribution in [3.63, 3.8) is 0 Å². The first kappa shape index (κ1) is 13.7. The minimum Gasteiger partial charge on any atom is -0.305 e. The first-order chi connectivity index (χ1) is 7.22. The van der Waals surface area contributed by atoms with Crippen LogP contribution in [0.25, 0.3) is 0 Å². The van der Waals surface area contributed by atoms with Gasteiger partial charge < -0.3 is 4.90 Å². The van der Waals surface area contributed by atoms with E-state index < -0.39 is 0 Å². The van der Waals surface area contributed by atoms with Crippen molar-refractivity contribution in [2.45, 2.75) is 27.3 Å². The first-order valence-corrected chi connectivity index (χ1v) is 5.39. The van der Waals surface area contributed by atoms with Gasteiger partial charge in [-0.1, -0.05) is 31.9 Å². The third-order valence-corrected chi connectivity index (χ3v) is 1.70. The third kappa shape index (κ3) is 5.93. The Labute approximate surface area is 94.1 Å². The predicted octanol–water partition coefficient (Wildman–Crippen LogP) is 3.15. The Kier molecular flexibility index (Phi) is 7.40. The molecule has 1 aromatic carbocycles. The number of hydrogen-bond donors (Lipinski definition) is 0. The van der Waals surface area contributed by atoms with Crippen LogP contribution in [0.5, 0.6) is 0 Å². The van der Waals surface area contributed by atoms with Crippen LogP contribution in [0.3, 0.4) is 0 Å². The van der Waals surface area contributed by atoms with Crippen LogP contribution in [0.1, 0.15) is 31.9 Å². The van der Waals surface area contributed by atoms with Crippen LogP contribution in [0.15, 0.2) is 24.3 Å². The van der Waals surface area contributed by atoms with E-state index in [0.29, 0.717) is 0 Å². The van der Waals surface area contributed by atoms with Crippen molar-refractivity contribution in [3.8, 4) is 11.8 Å². The largest absolute Gasteiger partial charge is 0.305 e. The molecule has 0 atom stereocenters. The van der Waals surface area contributed by atoms with E-state index in [-0.39, 0.29) is 0 Å². The van der Waals surface area contributed by atoms with E-state index in [9.17, 15) is 0 Å². The van der Waals surface area contributed by atoms with E-state index >= 15 is 0 Å². The molecule has 1 rings (SSSR count). The van der Waals surface area contributed by atoms with E-state index in [0.717, 1.165) is 12.1 Å². The minimum absolute atomic E-state index is 0.971. The summed E-state index contributed by atoms with van der Waals surface area (Å²) in [6.07, 6.45) is 0. The molecule has 0 aliphatic carbocycles. The van der Waals surface area contributed by atoms with Gasteiger partial charge in [-0.3, -0.25) is 0 Å². The highest BCUT2D eigenvalue weighted by atomic mass is 15.0. The predicted molar refractivity (Wildman–Crippen MR) is 67.7 cm³/mol. The molecule has 0 saturated carbocycles. The molecule has 0 aliphatic heterocycles. The van der Waals surface area contributed by atoms with Crippen molar-refractivity contribution in [1.82, 2.24) is 4.90 Å². The molecule has 0 aliphatic rings. The molecule has 0 unspecified atom stereocenters. The maximum absolute atomic E-state index is 3.05. The van der Waals surface area contributed by atoms with Crippen LogP contribution in [-0.4, -0.2) is 19.0 Å². The van der Waals surface area contributed by atoms with Gasteiger partial charge in [0.2, 0.25) is 0 Å². The molecule has 1 nitrogen and oxygen atoms in total. The Hall–Kier alpha value is -1.26. The normalized spacial score (nSPS) is 8.67. The molecule has 0 heterocycles.